The molecular formula is C13H18F3NO. The number of hydrogen-bond acceptors (Lipinski definition) is 2. The molecule has 0 aliphatic carbocycles. The Morgan fingerprint density at radius 1 is 1.11 bits per heavy atom. The normalized spacial score (nSPS) is 14.6. The number of nitrogens with one attached hydrogen (secondary N) is 1. The van der Waals surface area contributed by atoms with Gasteiger partial charge in [0.25, 0.3) is 0 Å². The van der Waals surface area contributed by atoms with Gasteiger partial charge in [-0.05, 0) is 26.3 Å². The molecular weight excluding hydrogens is 243 g/mol. The number of hydroxylamine groups is 1. The van der Waals surface area contributed by atoms with E-state index in [1.165, 1.54) is 0 Å². The Hall–Kier alpha value is -1.07. The van der Waals surface area contributed by atoms with Crippen LogP contribution >= 0.6 is 0 Å². The van der Waals surface area contributed by atoms with Crippen molar-refractivity contribution in [2.75, 3.05) is 0 Å². The number of rotatable bonds is 4. The molecule has 1 aromatic carbocycles. The predicted molar refractivity (Wildman–Crippen MR) is 63.8 cm³/mol. The first-order valence-corrected chi connectivity index (χ1v) is 5.73. The number of hydrogen-bond donors (Lipinski definition) is 1. The highest BCUT2D eigenvalue weighted by molar-refractivity contribution is 5.18. The molecule has 0 radical (unpaired) electrons. The Morgan fingerprint density at radius 3 is 2.11 bits per heavy atom. The summed E-state index contributed by atoms with van der Waals surface area (Å²) in [6.45, 7) is 5.32. The zero-order chi connectivity index (χ0) is 13.8. The molecule has 1 N–H and O–H groups in total. The standard InChI is InChI=1S/C13H18F3NO/c1-12(2,3)18-17-11(9-13(14,15)16)10-7-5-4-6-8-10/h4-8,11,17H,9H2,1-3H3. The van der Waals surface area contributed by atoms with Crippen molar-refractivity contribution in [3.05, 3.63) is 35.9 Å². The SMILES string of the molecule is CC(C)(C)ONC(CC(F)(F)F)c1ccccc1. The van der Waals surface area contributed by atoms with Gasteiger partial charge in [-0.1, -0.05) is 30.3 Å². The lowest BCUT2D eigenvalue weighted by molar-refractivity contribution is -0.161. The molecule has 1 atom stereocenters. The van der Waals surface area contributed by atoms with E-state index in [0.717, 1.165) is 0 Å². The van der Waals surface area contributed by atoms with Crippen molar-refractivity contribution in [3.8, 4) is 0 Å². The first-order chi connectivity index (χ1) is 8.17. The number of benzene rings is 1. The average molecular weight is 261 g/mol. The van der Waals surface area contributed by atoms with E-state index >= 15 is 0 Å². The first kappa shape index (κ1) is 15.0. The summed E-state index contributed by atoms with van der Waals surface area (Å²) in [6, 6.07) is 7.57. The highest BCUT2D eigenvalue weighted by Gasteiger charge is 2.33. The van der Waals surface area contributed by atoms with Crippen LogP contribution in [0.2, 0.25) is 0 Å². The van der Waals surface area contributed by atoms with Crippen LogP contribution < -0.4 is 5.48 Å². The highest BCUT2D eigenvalue weighted by atomic mass is 19.4. The lowest BCUT2D eigenvalue weighted by atomic mass is 10.0. The Bertz CT molecular complexity index is 357. The van der Waals surface area contributed by atoms with Crippen LogP contribution in [0, 0.1) is 0 Å². The topological polar surface area (TPSA) is 21.3 Å². The van der Waals surface area contributed by atoms with Crippen LogP contribution in [0.3, 0.4) is 0 Å². The predicted octanol–water partition coefficient (Wildman–Crippen LogP) is 4.00. The minimum atomic E-state index is -4.24. The molecule has 2 nitrogen and oxygen atoms in total. The molecule has 0 aliphatic rings. The van der Waals surface area contributed by atoms with Crippen LogP contribution in [0.25, 0.3) is 0 Å². The maximum absolute atomic E-state index is 12.5. The summed E-state index contributed by atoms with van der Waals surface area (Å²) in [5.41, 5.74) is 2.52. The second-order valence-corrected chi connectivity index (χ2v) is 5.11. The molecule has 0 heterocycles. The monoisotopic (exact) mass is 261 g/mol. The van der Waals surface area contributed by atoms with Crippen LogP contribution in [-0.2, 0) is 4.84 Å². The quantitative estimate of drug-likeness (QED) is 0.827. The van der Waals surface area contributed by atoms with Crippen LogP contribution in [0.4, 0.5) is 13.2 Å². The number of halogens is 3. The van der Waals surface area contributed by atoms with Crippen LogP contribution in [-0.4, -0.2) is 11.8 Å². The summed E-state index contributed by atoms with van der Waals surface area (Å²) in [5.74, 6) is 0. The lowest BCUT2D eigenvalue weighted by Crippen LogP contribution is -2.34. The van der Waals surface area contributed by atoms with Crippen molar-refractivity contribution in [1.82, 2.24) is 5.48 Å². The van der Waals surface area contributed by atoms with E-state index in [9.17, 15) is 13.2 Å². The zero-order valence-electron chi connectivity index (χ0n) is 10.7. The van der Waals surface area contributed by atoms with Crippen LogP contribution in [0.15, 0.2) is 30.3 Å². The summed E-state index contributed by atoms with van der Waals surface area (Å²) < 4.78 is 37.5. The van der Waals surface area contributed by atoms with Gasteiger partial charge in [-0.25, -0.2) is 0 Å². The fraction of sp³-hybridized carbons (Fsp3) is 0.538. The minimum absolute atomic E-state index is 0.543. The second kappa shape index (κ2) is 5.71. The Kier molecular flexibility index (Phi) is 4.76. The molecule has 18 heavy (non-hydrogen) atoms. The van der Waals surface area contributed by atoms with E-state index in [1.807, 2.05) is 0 Å². The molecule has 1 rings (SSSR count). The van der Waals surface area contributed by atoms with Crippen LogP contribution in [0.1, 0.15) is 38.8 Å². The van der Waals surface area contributed by atoms with Gasteiger partial charge in [0.2, 0.25) is 0 Å². The van der Waals surface area contributed by atoms with Gasteiger partial charge in [0.05, 0.1) is 18.1 Å². The number of alkyl halides is 3. The summed E-state index contributed by atoms with van der Waals surface area (Å²) in [6.07, 6.45) is -5.21. The molecule has 0 saturated carbocycles. The van der Waals surface area contributed by atoms with Gasteiger partial charge < -0.3 is 0 Å². The summed E-state index contributed by atoms with van der Waals surface area (Å²) in [5, 5.41) is 0. The van der Waals surface area contributed by atoms with Gasteiger partial charge in [0, 0.05) is 0 Å². The van der Waals surface area contributed by atoms with Gasteiger partial charge in [0.15, 0.2) is 0 Å². The first-order valence-electron chi connectivity index (χ1n) is 5.73. The summed E-state index contributed by atoms with van der Waals surface area (Å²) in [7, 11) is 0. The molecule has 0 spiro atoms. The molecule has 0 aliphatic heterocycles. The van der Waals surface area contributed by atoms with Gasteiger partial charge in [-0.3, -0.25) is 4.84 Å². The Labute approximate surface area is 105 Å². The summed E-state index contributed by atoms with van der Waals surface area (Å²) >= 11 is 0. The maximum atomic E-state index is 12.5. The second-order valence-electron chi connectivity index (χ2n) is 5.11. The van der Waals surface area contributed by atoms with Crippen molar-refractivity contribution in [3.63, 3.8) is 0 Å². The minimum Gasteiger partial charge on any atom is -0.296 e. The van der Waals surface area contributed by atoms with Gasteiger partial charge in [0.1, 0.15) is 0 Å². The third kappa shape index (κ3) is 6.02. The molecule has 1 aromatic rings. The van der Waals surface area contributed by atoms with E-state index in [-0.39, 0.29) is 0 Å². The molecule has 0 aromatic heterocycles. The van der Waals surface area contributed by atoms with Gasteiger partial charge >= 0.3 is 6.18 Å². The highest BCUT2D eigenvalue weighted by Crippen LogP contribution is 2.29. The van der Waals surface area contributed by atoms with Crippen LogP contribution in [0.5, 0.6) is 0 Å². The fourth-order valence-electron chi connectivity index (χ4n) is 1.39. The molecule has 5 heteroatoms. The van der Waals surface area contributed by atoms with E-state index in [0.29, 0.717) is 5.56 Å². The smallest absolute Gasteiger partial charge is 0.296 e. The van der Waals surface area contributed by atoms with Crippen molar-refractivity contribution >= 4 is 0 Å². The molecule has 1 unspecified atom stereocenters. The average Bonchev–Trinajstić information content (AvgIpc) is 2.23. The van der Waals surface area contributed by atoms with Crippen molar-refractivity contribution < 1.29 is 18.0 Å². The van der Waals surface area contributed by atoms with E-state index < -0.39 is 24.2 Å². The van der Waals surface area contributed by atoms with Crippen molar-refractivity contribution in [2.45, 2.75) is 45.0 Å². The molecule has 0 bridgehead atoms. The van der Waals surface area contributed by atoms with E-state index in [1.54, 1.807) is 51.1 Å². The molecule has 0 fully saturated rings. The summed E-state index contributed by atoms with van der Waals surface area (Å²) in [4.78, 5) is 5.24. The molecule has 0 amide bonds. The third-order valence-corrected chi connectivity index (χ3v) is 2.14. The molecule has 102 valence electrons. The zero-order valence-corrected chi connectivity index (χ0v) is 10.7. The molecule has 0 saturated heterocycles. The van der Waals surface area contributed by atoms with Crippen molar-refractivity contribution in [2.24, 2.45) is 0 Å². The Balaban J connectivity index is 2.76. The van der Waals surface area contributed by atoms with Crippen molar-refractivity contribution in [1.29, 1.82) is 0 Å². The van der Waals surface area contributed by atoms with Gasteiger partial charge in [-0.15, -0.1) is 0 Å². The van der Waals surface area contributed by atoms with Gasteiger partial charge in [-0.2, -0.15) is 18.7 Å². The lowest BCUT2D eigenvalue weighted by Gasteiger charge is -2.26. The van der Waals surface area contributed by atoms with E-state index in [2.05, 4.69) is 5.48 Å². The maximum Gasteiger partial charge on any atom is 0.391 e. The third-order valence-electron chi connectivity index (χ3n) is 2.14. The Morgan fingerprint density at radius 2 is 1.67 bits per heavy atom. The fourth-order valence-corrected chi connectivity index (χ4v) is 1.39. The van der Waals surface area contributed by atoms with E-state index in [4.69, 9.17) is 4.84 Å². The largest absolute Gasteiger partial charge is 0.391 e.